The maximum atomic E-state index is 10.2. The van der Waals surface area contributed by atoms with Crippen LogP contribution in [0.5, 0.6) is 5.75 Å². The van der Waals surface area contributed by atoms with Crippen LogP contribution < -0.4 is 10.5 Å². The van der Waals surface area contributed by atoms with Gasteiger partial charge >= 0.3 is 0 Å². The molecule has 0 saturated heterocycles. The third-order valence-electron chi connectivity index (χ3n) is 4.57. The van der Waals surface area contributed by atoms with E-state index in [1.54, 1.807) is 0 Å². The molecule has 0 amide bonds. The highest BCUT2D eigenvalue weighted by molar-refractivity contribution is 5.30. The van der Waals surface area contributed by atoms with E-state index in [0.717, 1.165) is 17.9 Å². The standard InChI is InChI=1S/C18H29NO2/c1-14(12-19)18(20)16-9-6-10-17(11-16)21-13-15-7-4-2-3-5-8-15/h6,9-11,14-15,18,20H,2-5,7-8,12-13,19H2,1H3/t14-,18-/m1/s1. The average Bonchev–Trinajstić information content (AvgIpc) is 2.80. The van der Waals surface area contributed by atoms with Gasteiger partial charge in [-0.15, -0.1) is 0 Å². The Bertz CT molecular complexity index is 413. The van der Waals surface area contributed by atoms with Crippen molar-refractivity contribution >= 4 is 0 Å². The molecule has 1 aromatic carbocycles. The first-order chi connectivity index (χ1) is 10.2. The van der Waals surface area contributed by atoms with Gasteiger partial charge in [-0.1, -0.05) is 44.7 Å². The Morgan fingerprint density at radius 2 is 1.95 bits per heavy atom. The third-order valence-corrected chi connectivity index (χ3v) is 4.57. The van der Waals surface area contributed by atoms with Gasteiger partial charge in [0.25, 0.3) is 0 Å². The summed E-state index contributed by atoms with van der Waals surface area (Å²) in [7, 11) is 0. The fourth-order valence-electron chi connectivity index (χ4n) is 2.99. The SMILES string of the molecule is C[C@H](CN)[C@@H](O)c1cccc(OCC2CCCCCC2)c1. The second kappa shape index (κ2) is 8.40. The van der Waals surface area contributed by atoms with Crippen LogP contribution in [-0.4, -0.2) is 18.3 Å². The molecular formula is C18H29NO2. The lowest BCUT2D eigenvalue weighted by Gasteiger charge is -2.19. The summed E-state index contributed by atoms with van der Waals surface area (Å²) in [6.45, 7) is 3.24. The van der Waals surface area contributed by atoms with Crippen molar-refractivity contribution in [2.75, 3.05) is 13.2 Å². The van der Waals surface area contributed by atoms with Crippen LogP contribution in [-0.2, 0) is 0 Å². The van der Waals surface area contributed by atoms with E-state index < -0.39 is 6.10 Å². The number of ether oxygens (including phenoxy) is 1. The number of benzene rings is 1. The molecule has 0 bridgehead atoms. The Kier molecular flexibility index (Phi) is 6.52. The van der Waals surface area contributed by atoms with Crippen molar-refractivity contribution in [2.24, 2.45) is 17.6 Å². The van der Waals surface area contributed by atoms with Gasteiger partial charge in [-0.05, 0) is 48.9 Å². The Morgan fingerprint density at radius 1 is 1.24 bits per heavy atom. The zero-order chi connectivity index (χ0) is 15.1. The average molecular weight is 291 g/mol. The van der Waals surface area contributed by atoms with E-state index in [4.69, 9.17) is 10.5 Å². The number of aliphatic hydroxyl groups is 1. The molecule has 0 aromatic heterocycles. The summed E-state index contributed by atoms with van der Waals surface area (Å²) in [4.78, 5) is 0. The molecule has 2 atom stereocenters. The van der Waals surface area contributed by atoms with E-state index in [1.807, 2.05) is 31.2 Å². The van der Waals surface area contributed by atoms with Gasteiger partial charge in [-0.25, -0.2) is 0 Å². The quantitative estimate of drug-likeness (QED) is 0.786. The molecular weight excluding hydrogens is 262 g/mol. The van der Waals surface area contributed by atoms with Gasteiger partial charge in [-0.2, -0.15) is 0 Å². The predicted octanol–water partition coefficient (Wildman–Crippen LogP) is 3.66. The van der Waals surface area contributed by atoms with Crippen molar-refractivity contribution in [1.82, 2.24) is 0 Å². The van der Waals surface area contributed by atoms with E-state index in [9.17, 15) is 5.11 Å². The van der Waals surface area contributed by atoms with Crippen LogP contribution in [0.1, 0.15) is 57.1 Å². The molecule has 0 unspecified atom stereocenters. The zero-order valence-corrected chi connectivity index (χ0v) is 13.1. The minimum Gasteiger partial charge on any atom is -0.493 e. The summed E-state index contributed by atoms with van der Waals surface area (Å²) in [6.07, 6.45) is 7.46. The second-order valence-electron chi connectivity index (χ2n) is 6.40. The highest BCUT2D eigenvalue weighted by Gasteiger charge is 2.16. The van der Waals surface area contributed by atoms with Gasteiger partial charge in [0, 0.05) is 0 Å². The van der Waals surface area contributed by atoms with Gasteiger partial charge in [0.05, 0.1) is 12.7 Å². The highest BCUT2D eigenvalue weighted by atomic mass is 16.5. The largest absolute Gasteiger partial charge is 0.493 e. The Hall–Kier alpha value is -1.06. The minimum absolute atomic E-state index is 0.0575. The Balaban J connectivity index is 1.91. The number of nitrogens with two attached hydrogens (primary N) is 1. The van der Waals surface area contributed by atoms with E-state index in [2.05, 4.69) is 0 Å². The lowest BCUT2D eigenvalue weighted by atomic mass is 9.97. The van der Waals surface area contributed by atoms with Crippen LogP contribution in [0.2, 0.25) is 0 Å². The normalized spacial score (nSPS) is 19.8. The Labute approximate surface area is 128 Å². The van der Waals surface area contributed by atoms with Crippen molar-refractivity contribution < 1.29 is 9.84 Å². The molecule has 0 spiro atoms. The van der Waals surface area contributed by atoms with Gasteiger partial charge in [0.2, 0.25) is 0 Å². The molecule has 3 heteroatoms. The molecule has 1 aliphatic carbocycles. The van der Waals surface area contributed by atoms with Crippen molar-refractivity contribution in [3.63, 3.8) is 0 Å². The maximum Gasteiger partial charge on any atom is 0.119 e. The topological polar surface area (TPSA) is 55.5 Å². The summed E-state index contributed by atoms with van der Waals surface area (Å²) < 4.78 is 5.96. The number of aliphatic hydroxyl groups excluding tert-OH is 1. The lowest BCUT2D eigenvalue weighted by Crippen LogP contribution is -2.19. The lowest BCUT2D eigenvalue weighted by molar-refractivity contribution is 0.121. The van der Waals surface area contributed by atoms with Crippen LogP contribution in [0.25, 0.3) is 0 Å². The molecule has 0 aliphatic heterocycles. The van der Waals surface area contributed by atoms with Crippen LogP contribution in [0, 0.1) is 11.8 Å². The molecule has 1 aliphatic rings. The fourth-order valence-corrected chi connectivity index (χ4v) is 2.99. The molecule has 2 rings (SSSR count). The highest BCUT2D eigenvalue weighted by Crippen LogP contribution is 2.27. The Morgan fingerprint density at radius 3 is 2.62 bits per heavy atom. The molecule has 0 radical (unpaired) electrons. The molecule has 1 aromatic rings. The van der Waals surface area contributed by atoms with Crippen LogP contribution in [0.3, 0.4) is 0 Å². The molecule has 3 N–H and O–H groups in total. The number of hydrogen-bond acceptors (Lipinski definition) is 3. The molecule has 0 heterocycles. The van der Waals surface area contributed by atoms with Gasteiger partial charge < -0.3 is 15.6 Å². The summed E-state index contributed by atoms with van der Waals surface area (Å²) in [5.74, 6) is 1.60. The van der Waals surface area contributed by atoms with E-state index in [0.29, 0.717) is 12.5 Å². The van der Waals surface area contributed by atoms with Crippen molar-refractivity contribution in [1.29, 1.82) is 0 Å². The van der Waals surface area contributed by atoms with Gasteiger partial charge in [0.1, 0.15) is 5.75 Å². The molecule has 1 saturated carbocycles. The van der Waals surface area contributed by atoms with Crippen molar-refractivity contribution in [2.45, 2.75) is 51.6 Å². The predicted molar refractivity (Wildman–Crippen MR) is 86.3 cm³/mol. The minimum atomic E-state index is -0.517. The monoisotopic (exact) mass is 291 g/mol. The first kappa shape index (κ1) is 16.3. The summed E-state index contributed by atoms with van der Waals surface area (Å²) in [5.41, 5.74) is 6.52. The molecule has 21 heavy (non-hydrogen) atoms. The summed E-state index contributed by atoms with van der Waals surface area (Å²) in [5, 5.41) is 10.2. The smallest absolute Gasteiger partial charge is 0.119 e. The summed E-state index contributed by atoms with van der Waals surface area (Å²) in [6, 6.07) is 7.81. The van der Waals surface area contributed by atoms with Gasteiger partial charge in [-0.3, -0.25) is 0 Å². The van der Waals surface area contributed by atoms with E-state index in [-0.39, 0.29) is 5.92 Å². The third kappa shape index (κ3) is 5.01. The van der Waals surface area contributed by atoms with Crippen LogP contribution in [0.4, 0.5) is 0 Å². The maximum absolute atomic E-state index is 10.2. The van der Waals surface area contributed by atoms with E-state index in [1.165, 1.54) is 38.5 Å². The fraction of sp³-hybridized carbons (Fsp3) is 0.667. The number of hydrogen-bond donors (Lipinski definition) is 2. The van der Waals surface area contributed by atoms with Gasteiger partial charge in [0.15, 0.2) is 0 Å². The van der Waals surface area contributed by atoms with Crippen molar-refractivity contribution in [3.8, 4) is 5.75 Å². The van der Waals surface area contributed by atoms with Crippen LogP contribution >= 0.6 is 0 Å². The first-order valence-corrected chi connectivity index (χ1v) is 8.31. The zero-order valence-electron chi connectivity index (χ0n) is 13.1. The molecule has 3 nitrogen and oxygen atoms in total. The second-order valence-corrected chi connectivity index (χ2v) is 6.40. The van der Waals surface area contributed by atoms with Crippen LogP contribution in [0.15, 0.2) is 24.3 Å². The summed E-state index contributed by atoms with van der Waals surface area (Å²) >= 11 is 0. The van der Waals surface area contributed by atoms with Crippen molar-refractivity contribution in [3.05, 3.63) is 29.8 Å². The number of rotatable bonds is 6. The molecule has 1 fully saturated rings. The van der Waals surface area contributed by atoms with E-state index >= 15 is 0 Å². The first-order valence-electron chi connectivity index (χ1n) is 8.31. The molecule has 118 valence electrons.